The highest BCUT2D eigenvalue weighted by molar-refractivity contribution is 5.50. The largest absolute Gasteiger partial charge is 0.399 e. The number of nitrogen functional groups attached to an aromatic ring is 1. The van der Waals surface area contributed by atoms with Gasteiger partial charge in [0.15, 0.2) is 0 Å². The normalized spacial score (nSPS) is 10.7. The van der Waals surface area contributed by atoms with Crippen LogP contribution in [0.1, 0.15) is 0 Å². The number of nitrogens with zero attached hydrogens (tertiary/aromatic N) is 1. The van der Waals surface area contributed by atoms with Crippen molar-refractivity contribution in [2.75, 3.05) is 37.5 Å². The SMILES string of the molecule is Nc1ccc(NN(CCO)NCCO)cc1. The van der Waals surface area contributed by atoms with Gasteiger partial charge in [-0.3, -0.25) is 0 Å². The van der Waals surface area contributed by atoms with Gasteiger partial charge < -0.3 is 21.4 Å². The summed E-state index contributed by atoms with van der Waals surface area (Å²) < 4.78 is 0. The number of nitrogens with two attached hydrogens (primary N) is 1. The maximum Gasteiger partial charge on any atom is 0.0591 e. The van der Waals surface area contributed by atoms with Gasteiger partial charge in [-0.25, -0.2) is 5.43 Å². The molecule has 1 aromatic carbocycles. The Kier molecular flexibility index (Phi) is 5.58. The molecule has 1 rings (SSSR count). The molecule has 16 heavy (non-hydrogen) atoms. The zero-order valence-electron chi connectivity index (χ0n) is 9.06. The van der Waals surface area contributed by atoms with E-state index >= 15 is 0 Å². The summed E-state index contributed by atoms with van der Waals surface area (Å²) in [5.41, 5.74) is 13.1. The molecular formula is C10H18N4O2. The molecule has 6 heteroatoms. The summed E-state index contributed by atoms with van der Waals surface area (Å²) in [6.07, 6.45) is 0. The van der Waals surface area contributed by atoms with Crippen LogP contribution in [-0.2, 0) is 0 Å². The minimum absolute atomic E-state index is 0.0143. The van der Waals surface area contributed by atoms with E-state index in [4.69, 9.17) is 15.9 Å². The number of aliphatic hydroxyl groups is 2. The number of hydrogen-bond donors (Lipinski definition) is 5. The van der Waals surface area contributed by atoms with Crippen LogP contribution < -0.4 is 16.6 Å². The molecule has 0 aromatic heterocycles. The predicted molar refractivity (Wildman–Crippen MR) is 63.4 cm³/mol. The Balaban J connectivity index is 2.49. The Morgan fingerprint density at radius 3 is 2.38 bits per heavy atom. The molecule has 0 amide bonds. The fraction of sp³-hybridized carbons (Fsp3) is 0.400. The first-order chi connectivity index (χ1) is 7.76. The Morgan fingerprint density at radius 2 is 1.81 bits per heavy atom. The molecule has 0 aliphatic carbocycles. The number of benzene rings is 1. The standard InChI is InChI=1S/C10H18N4O2/c11-9-1-3-10(4-2-9)13-14(6-8-16)12-5-7-15/h1-4,12-13,15-16H,5-8,11H2. The van der Waals surface area contributed by atoms with Crippen molar-refractivity contribution in [2.24, 2.45) is 0 Å². The zero-order chi connectivity index (χ0) is 11.8. The summed E-state index contributed by atoms with van der Waals surface area (Å²) in [6.45, 7) is 0.873. The number of rotatable bonds is 7. The van der Waals surface area contributed by atoms with E-state index < -0.39 is 0 Å². The van der Waals surface area contributed by atoms with E-state index in [-0.39, 0.29) is 13.2 Å². The molecule has 0 aliphatic heterocycles. The van der Waals surface area contributed by atoms with Gasteiger partial charge in [0.25, 0.3) is 0 Å². The molecule has 0 heterocycles. The van der Waals surface area contributed by atoms with Crippen molar-refractivity contribution in [2.45, 2.75) is 0 Å². The molecule has 0 saturated carbocycles. The first-order valence-corrected chi connectivity index (χ1v) is 5.11. The smallest absolute Gasteiger partial charge is 0.0591 e. The molecule has 0 unspecified atom stereocenters. The van der Waals surface area contributed by atoms with Crippen molar-refractivity contribution in [3.63, 3.8) is 0 Å². The van der Waals surface area contributed by atoms with Crippen LogP contribution in [0.15, 0.2) is 24.3 Å². The van der Waals surface area contributed by atoms with Crippen LogP contribution in [0, 0.1) is 0 Å². The van der Waals surface area contributed by atoms with E-state index in [2.05, 4.69) is 10.9 Å². The van der Waals surface area contributed by atoms with Crippen molar-refractivity contribution in [1.29, 1.82) is 0 Å². The van der Waals surface area contributed by atoms with Gasteiger partial charge in [0, 0.05) is 12.2 Å². The minimum Gasteiger partial charge on any atom is -0.399 e. The van der Waals surface area contributed by atoms with Gasteiger partial charge in [-0.15, -0.1) is 0 Å². The van der Waals surface area contributed by atoms with Crippen LogP contribution in [0.3, 0.4) is 0 Å². The second-order valence-corrected chi connectivity index (χ2v) is 3.24. The highest BCUT2D eigenvalue weighted by atomic mass is 16.3. The molecule has 0 bridgehead atoms. The molecule has 0 atom stereocenters. The average Bonchev–Trinajstić information content (AvgIpc) is 2.29. The highest BCUT2D eigenvalue weighted by Gasteiger charge is 2.02. The van der Waals surface area contributed by atoms with Crippen molar-refractivity contribution < 1.29 is 10.2 Å². The van der Waals surface area contributed by atoms with E-state index in [1.807, 2.05) is 12.1 Å². The molecule has 90 valence electrons. The van der Waals surface area contributed by atoms with Crippen molar-refractivity contribution >= 4 is 11.4 Å². The van der Waals surface area contributed by atoms with E-state index in [0.29, 0.717) is 18.8 Å². The molecule has 0 fully saturated rings. The van der Waals surface area contributed by atoms with Crippen molar-refractivity contribution in [3.05, 3.63) is 24.3 Å². The van der Waals surface area contributed by atoms with Crippen LogP contribution >= 0.6 is 0 Å². The van der Waals surface area contributed by atoms with Gasteiger partial charge in [-0.1, -0.05) is 0 Å². The van der Waals surface area contributed by atoms with Gasteiger partial charge in [0.05, 0.1) is 25.4 Å². The maximum atomic E-state index is 8.85. The average molecular weight is 226 g/mol. The van der Waals surface area contributed by atoms with E-state index in [0.717, 1.165) is 5.69 Å². The summed E-state index contributed by atoms with van der Waals surface area (Å²) in [5, 5.41) is 19.2. The topological polar surface area (TPSA) is 93.8 Å². The molecule has 6 N–H and O–H groups in total. The number of hydrazine groups is 2. The number of nitrogens with one attached hydrogen (secondary N) is 2. The first kappa shape index (κ1) is 12.7. The monoisotopic (exact) mass is 226 g/mol. The van der Waals surface area contributed by atoms with Crippen LogP contribution in [-0.4, -0.2) is 41.6 Å². The van der Waals surface area contributed by atoms with E-state index in [1.54, 1.807) is 17.3 Å². The Labute approximate surface area is 94.6 Å². The maximum absolute atomic E-state index is 8.85. The fourth-order valence-electron chi connectivity index (χ4n) is 1.17. The lowest BCUT2D eigenvalue weighted by atomic mass is 10.3. The highest BCUT2D eigenvalue weighted by Crippen LogP contribution is 2.10. The number of aliphatic hydroxyl groups excluding tert-OH is 2. The van der Waals surface area contributed by atoms with Gasteiger partial charge in [-0.2, -0.15) is 5.12 Å². The van der Waals surface area contributed by atoms with Crippen molar-refractivity contribution in [3.8, 4) is 0 Å². The molecule has 6 nitrogen and oxygen atoms in total. The molecule has 0 spiro atoms. The summed E-state index contributed by atoms with van der Waals surface area (Å²) in [5.74, 6) is 0. The van der Waals surface area contributed by atoms with Crippen molar-refractivity contribution in [1.82, 2.24) is 10.5 Å². The van der Waals surface area contributed by atoms with Gasteiger partial charge in [0.1, 0.15) is 0 Å². The van der Waals surface area contributed by atoms with Crippen LogP contribution in [0.2, 0.25) is 0 Å². The second kappa shape index (κ2) is 7.02. The van der Waals surface area contributed by atoms with Gasteiger partial charge in [-0.05, 0) is 24.3 Å². The first-order valence-electron chi connectivity index (χ1n) is 5.11. The van der Waals surface area contributed by atoms with Gasteiger partial charge in [0.2, 0.25) is 0 Å². The predicted octanol–water partition coefficient (Wildman–Crippen LogP) is -0.613. The Bertz CT molecular complexity index is 291. The third kappa shape index (κ3) is 4.45. The minimum atomic E-state index is 0.0143. The Morgan fingerprint density at radius 1 is 1.12 bits per heavy atom. The lowest BCUT2D eigenvalue weighted by Gasteiger charge is -2.23. The van der Waals surface area contributed by atoms with Gasteiger partial charge >= 0.3 is 0 Å². The third-order valence-corrected chi connectivity index (χ3v) is 1.91. The summed E-state index contributed by atoms with van der Waals surface area (Å²) in [7, 11) is 0. The Hall–Kier alpha value is -1.34. The van der Waals surface area contributed by atoms with E-state index in [9.17, 15) is 0 Å². The van der Waals surface area contributed by atoms with Crippen LogP contribution in [0.25, 0.3) is 0 Å². The van der Waals surface area contributed by atoms with Crippen LogP contribution in [0.4, 0.5) is 11.4 Å². The quantitative estimate of drug-likeness (QED) is 0.314. The summed E-state index contributed by atoms with van der Waals surface area (Å²) >= 11 is 0. The third-order valence-electron chi connectivity index (χ3n) is 1.91. The summed E-state index contributed by atoms with van der Waals surface area (Å²) in [6, 6.07) is 7.23. The molecular weight excluding hydrogens is 208 g/mol. The summed E-state index contributed by atoms with van der Waals surface area (Å²) in [4.78, 5) is 0. The zero-order valence-corrected chi connectivity index (χ0v) is 9.06. The molecule has 0 saturated heterocycles. The van der Waals surface area contributed by atoms with E-state index in [1.165, 1.54) is 0 Å². The number of anilines is 2. The fourth-order valence-corrected chi connectivity index (χ4v) is 1.17. The lowest BCUT2D eigenvalue weighted by Crippen LogP contribution is -2.45. The molecule has 1 aromatic rings. The lowest BCUT2D eigenvalue weighted by molar-refractivity contribution is 0.156. The number of hydrogen-bond acceptors (Lipinski definition) is 6. The molecule has 0 aliphatic rings. The molecule has 0 radical (unpaired) electrons. The van der Waals surface area contributed by atoms with Crippen LogP contribution in [0.5, 0.6) is 0 Å². The second-order valence-electron chi connectivity index (χ2n) is 3.24.